The molecule has 2 rings (SSSR count). The number of ether oxygens (including phenoxy) is 2. The van der Waals surface area contributed by atoms with E-state index in [1.54, 1.807) is 12.1 Å². The van der Waals surface area contributed by atoms with Crippen molar-refractivity contribution in [1.29, 1.82) is 0 Å². The fraction of sp³-hybridized carbons (Fsp3) is 0.364. The number of esters is 1. The third-order valence-electron chi connectivity index (χ3n) is 2.51. The lowest BCUT2D eigenvalue weighted by Gasteiger charge is -2.08. The molecule has 0 fully saturated rings. The molecule has 4 nitrogen and oxygen atoms in total. The molecule has 2 N–H and O–H groups in total. The van der Waals surface area contributed by atoms with Crippen molar-refractivity contribution >= 4 is 11.7 Å². The maximum Gasteiger partial charge on any atom is 0.341 e. The molecule has 1 aromatic carbocycles. The van der Waals surface area contributed by atoms with Gasteiger partial charge in [0.15, 0.2) is 0 Å². The summed E-state index contributed by atoms with van der Waals surface area (Å²) in [7, 11) is 1.35. The first-order chi connectivity index (χ1) is 7.13. The summed E-state index contributed by atoms with van der Waals surface area (Å²) in [6, 6.07) is 3.35. The fourth-order valence-corrected chi connectivity index (χ4v) is 1.79. The van der Waals surface area contributed by atoms with E-state index in [1.165, 1.54) is 7.11 Å². The van der Waals surface area contributed by atoms with Crippen LogP contribution >= 0.6 is 0 Å². The molecule has 0 aliphatic carbocycles. The Morgan fingerprint density at radius 2 is 2.33 bits per heavy atom. The van der Waals surface area contributed by atoms with E-state index in [0.29, 0.717) is 17.0 Å². The summed E-state index contributed by atoms with van der Waals surface area (Å²) in [6.45, 7) is 1.94. The molecular formula is C11H13NO3. The first-order valence-electron chi connectivity index (χ1n) is 4.79. The van der Waals surface area contributed by atoms with E-state index in [0.717, 1.165) is 12.0 Å². The van der Waals surface area contributed by atoms with E-state index in [4.69, 9.17) is 10.5 Å². The van der Waals surface area contributed by atoms with E-state index in [-0.39, 0.29) is 12.1 Å². The number of benzene rings is 1. The van der Waals surface area contributed by atoms with Crippen LogP contribution < -0.4 is 10.5 Å². The van der Waals surface area contributed by atoms with Crippen molar-refractivity contribution in [1.82, 2.24) is 0 Å². The quantitative estimate of drug-likeness (QED) is 0.558. The number of anilines is 1. The van der Waals surface area contributed by atoms with Crippen molar-refractivity contribution < 1.29 is 14.3 Å². The third kappa shape index (κ3) is 1.52. The molecule has 1 aromatic rings. The monoisotopic (exact) mass is 207 g/mol. The second kappa shape index (κ2) is 3.46. The maximum absolute atomic E-state index is 11.4. The SMILES string of the molecule is COC(=O)c1ccc(N)c2c1OC(C)C2. The Bertz CT molecular complexity index is 415. The molecule has 0 radical (unpaired) electrons. The second-order valence-electron chi connectivity index (χ2n) is 3.63. The van der Waals surface area contributed by atoms with Crippen molar-refractivity contribution in [2.75, 3.05) is 12.8 Å². The molecule has 0 saturated heterocycles. The van der Waals surface area contributed by atoms with Gasteiger partial charge in [-0.3, -0.25) is 0 Å². The molecule has 1 aliphatic heterocycles. The largest absolute Gasteiger partial charge is 0.489 e. The minimum atomic E-state index is -0.389. The molecule has 1 unspecified atom stereocenters. The Kier molecular flexibility index (Phi) is 2.26. The van der Waals surface area contributed by atoms with Crippen LogP contribution in [0.15, 0.2) is 12.1 Å². The van der Waals surface area contributed by atoms with Crippen molar-refractivity contribution in [3.63, 3.8) is 0 Å². The van der Waals surface area contributed by atoms with Gasteiger partial charge in [0.2, 0.25) is 0 Å². The van der Waals surface area contributed by atoms with Gasteiger partial charge >= 0.3 is 5.97 Å². The van der Waals surface area contributed by atoms with Gasteiger partial charge in [0.25, 0.3) is 0 Å². The van der Waals surface area contributed by atoms with E-state index >= 15 is 0 Å². The predicted octanol–water partition coefficient (Wildman–Crippen LogP) is 1.38. The average Bonchev–Trinajstić information content (AvgIpc) is 2.60. The zero-order chi connectivity index (χ0) is 11.0. The number of fused-ring (bicyclic) bond motifs is 1. The first kappa shape index (κ1) is 9.83. The van der Waals surface area contributed by atoms with Gasteiger partial charge in [0.05, 0.1) is 7.11 Å². The van der Waals surface area contributed by atoms with E-state index < -0.39 is 0 Å². The summed E-state index contributed by atoms with van der Waals surface area (Å²) in [6.07, 6.45) is 0.805. The van der Waals surface area contributed by atoms with Crippen molar-refractivity contribution in [2.24, 2.45) is 0 Å². The fourth-order valence-electron chi connectivity index (χ4n) is 1.79. The van der Waals surface area contributed by atoms with E-state index in [1.807, 2.05) is 6.92 Å². The lowest BCUT2D eigenvalue weighted by molar-refractivity contribution is 0.0595. The smallest absolute Gasteiger partial charge is 0.341 e. The van der Waals surface area contributed by atoms with Crippen LogP contribution in [0.25, 0.3) is 0 Å². The molecule has 4 heteroatoms. The van der Waals surface area contributed by atoms with Crippen LogP contribution in [0.5, 0.6) is 5.75 Å². The number of methoxy groups -OCH3 is 1. The average molecular weight is 207 g/mol. The van der Waals surface area contributed by atoms with Gasteiger partial charge in [0, 0.05) is 17.7 Å². The normalized spacial score (nSPS) is 18.1. The zero-order valence-corrected chi connectivity index (χ0v) is 8.74. The molecule has 1 aliphatic rings. The van der Waals surface area contributed by atoms with Gasteiger partial charge in [-0.2, -0.15) is 0 Å². The Hall–Kier alpha value is -1.71. The minimum absolute atomic E-state index is 0.0631. The topological polar surface area (TPSA) is 61.5 Å². The second-order valence-corrected chi connectivity index (χ2v) is 3.63. The van der Waals surface area contributed by atoms with Crippen LogP contribution in [0.3, 0.4) is 0 Å². The Balaban J connectivity index is 2.52. The van der Waals surface area contributed by atoms with Crippen molar-refractivity contribution in [3.05, 3.63) is 23.3 Å². The molecule has 0 spiro atoms. The van der Waals surface area contributed by atoms with Crippen LogP contribution in [-0.2, 0) is 11.2 Å². The summed E-state index contributed by atoms with van der Waals surface area (Å²) in [5, 5.41) is 0. The number of nitrogen functional groups attached to an aromatic ring is 1. The Morgan fingerprint density at radius 3 is 3.00 bits per heavy atom. The molecule has 15 heavy (non-hydrogen) atoms. The number of hydrogen-bond acceptors (Lipinski definition) is 4. The highest BCUT2D eigenvalue weighted by atomic mass is 16.5. The minimum Gasteiger partial charge on any atom is -0.489 e. The van der Waals surface area contributed by atoms with Crippen LogP contribution in [-0.4, -0.2) is 19.2 Å². The molecule has 0 bridgehead atoms. The van der Waals surface area contributed by atoms with Crippen LogP contribution in [0.4, 0.5) is 5.69 Å². The molecular weight excluding hydrogens is 194 g/mol. The number of rotatable bonds is 1. The molecule has 1 heterocycles. The summed E-state index contributed by atoms with van der Waals surface area (Å²) in [5.41, 5.74) is 7.84. The molecule has 0 aromatic heterocycles. The number of hydrogen-bond donors (Lipinski definition) is 1. The van der Waals surface area contributed by atoms with Gasteiger partial charge in [-0.25, -0.2) is 4.79 Å². The van der Waals surface area contributed by atoms with E-state index in [2.05, 4.69) is 4.74 Å². The van der Waals surface area contributed by atoms with Crippen molar-refractivity contribution in [3.8, 4) is 5.75 Å². The summed E-state index contributed by atoms with van der Waals surface area (Å²) in [5.74, 6) is 0.190. The molecule has 0 saturated carbocycles. The highest BCUT2D eigenvalue weighted by Crippen LogP contribution is 2.36. The lowest BCUT2D eigenvalue weighted by Crippen LogP contribution is -2.08. The molecule has 0 amide bonds. The maximum atomic E-state index is 11.4. The number of nitrogens with two attached hydrogens (primary N) is 1. The van der Waals surface area contributed by atoms with Gasteiger partial charge in [-0.1, -0.05) is 0 Å². The van der Waals surface area contributed by atoms with Gasteiger partial charge in [-0.05, 0) is 19.1 Å². The Morgan fingerprint density at radius 1 is 1.60 bits per heavy atom. The van der Waals surface area contributed by atoms with Crippen LogP contribution in [0, 0.1) is 0 Å². The van der Waals surface area contributed by atoms with Gasteiger partial charge < -0.3 is 15.2 Å². The van der Waals surface area contributed by atoms with Crippen molar-refractivity contribution in [2.45, 2.75) is 19.4 Å². The molecule has 80 valence electrons. The Labute approximate surface area is 88.0 Å². The summed E-state index contributed by atoms with van der Waals surface area (Å²) < 4.78 is 10.2. The summed E-state index contributed by atoms with van der Waals surface area (Å²) >= 11 is 0. The van der Waals surface area contributed by atoms with E-state index in [9.17, 15) is 4.79 Å². The highest BCUT2D eigenvalue weighted by Gasteiger charge is 2.27. The van der Waals surface area contributed by atoms with Crippen LogP contribution in [0.2, 0.25) is 0 Å². The predicted molar refractivity (Wildman–Crippen MR) is 56.0 cm³/mol. The highest BCUT2D eigenvalue weighted by molar-refractivity contribution is 5.94. The first-order valence-corrected chi connectivity index (χ1v) is 4.79. The lowest BCUT2D eigenvalue weighted by atomic mass is 10.0. The van der Waals surface area contributed by atoms with Gasteiger partial charge in [-0.15, -0.1) is 0 Å². The third-order valence-corrected chi connectivity index (χ3v) is 2.51. The number of carbonyl (C=O) groups excluding carboxylic acids is 1. The zero-order valence-electron chi connectivity index (χ0n) is 8.74. The standard InChI is InChI=1S/C11H13NO3/c1-6-5-8-9(12)4-3-7(10(8)15-6)11(13)14-2/h3-4,6H,5,12H2,1-2H3. The molecule has 1 atom stereocenters. The number of carbonyl (C=O) groups is 1. The summed E-state index contributed by atoms with van der Waals surface area (Å²) in [4.78, 5) is 11.4. The van der Waals surface area contributed by atoms with Crippen LogP contribution in [0.1, 0.15) is 22.8 Å². The van der Waals surface area contributed by atoms with Gasteiger partial charge in [0.1, 0.15) is 17.4 Å².